The average Bonchev–Trinajstić information content (AvgIpc) is 3.27. The highest BCUT2D eigenvalue weighted by Gasteiger charge is 2.33. The summed E-state index contributed by atoms with van der Waals surface area (Å²) < 4.78 is 43.1. The first-order chi connectivity index (χ1) is 12.8. The molecular formula is C16H24F3N5O2S. The molecule has 2 rings (SSSR count). The van der Waals surface area contributed by atoms with Crippen molar-refractivity contribution in [3.63, 3.8) is 0 Å². The largest absolute Gasteiger partial charge is 0.434 e. The number of amides is 1. The van der Waals surface area contributed by atoms with E-state index in [4.69, 9.17) is 4.74 Å². The number of halogens is 3. The minimum absolute atomic E-state index is 0.0149. The molecule has 0 bridgehead atoms. The number of thiazole rings is 1. The Morgan fingerprint density at radius 1 is 1.44 bits per heavy atom. The lowest BCUT2D eigenvalue weighted by molar-refractivity contribution is -0.140. The Bertz CT molecular complexity index is 642. The van der Waals surface area contributed by atoms with Crippen LogP contribution in [0, 0.1) is 5.92 Å². The van der Waals surface area contributed by atoms with Crippen molar-refractivity contribution < 1.29 is 22.7 Å². The van der Waals surface area contributed by atoms with Gasteiger partial charge in [-0.3, -0.25) is 4.79 Å². The number of carbonyl (C=O) groups excluding carboxylic acids is 1. The van der Waals surface area contributed by atoms with Gasteiger partial charge >= 0.3 is 6.18 Å². The normalized spacial score (nSPS) is 17.8. The van der Waals surface area contributed by atoms with Gasteiger partial charge in [0.1, 0.15) is 6.54 Å². The zero-order valence-corrected chi connectivity index (χ0v) is 16.1. The molecule has 0 spiro atoms. The van der Waals surface area contributed by atoms with Crippen molar-refractivity contribution in [2.45, 2.75) is 19.0 Å². The monoisotopic (exact) mass is 407 g/mol. The number of ether oxygens (including phenoxy) is 1. The summed E-state index contributed by atoms with van der Waals surface area (Å²) >= 11 is 0.975. The Kier molecular flexibility index (Phi) is 7.84. The maximum atomic E-state index is 12.6. The van der Waals surface area contributed by atoms with Crippen LogP contribution in [0.3, 0.4) is 0 Å². The van der Waals surface area contributed by atoms with E-state index in [0.29, 0.717) is 43.0 Å². The molecule has 0 aromatic carbocycles. The first-order valence-corrected chi connectivity index (χ1v) is 9.45. The highest BCUT2D eigenvalue weighted by molar-refractivity contribution is 7.09. The van der Waals surface area contributed by atoms with E-state index in [1.165, 1.54) is 4.90 Å². The summed E-state index contributed by atoms with van der Waals surface area (Å²) in [4.78, 5) is 21.0. The number of hydrogen-bond donors (Lipinski definition) is 2. The molecule has 1 aromatic rings. The lowest BCUT2D eigenvalue weighted by Crippen LogP contribution is -2.41. The Balaban J connectivity index is 1.86. The lowest BCUT2D eigenvalue weighted by atomic mass is 10.1. The van der Waals surface area contributed by atoms with E-state index in [1.807, 2.05) is 0 Å². The first kappa shape index (κ1) is 21.4. The number of aliphatic imine (C=N–C) groups is 1. The van der Waals surface area contributed by atoms with Crippen molar-refractivity contribution in [3.05, 3.63) is 16.1 Å². The topological polar surface area (TPSA) is 78.9 Å². The van der Waals surface area contributed by atoms with Gasteiger partial charge in [0.05, 0.1) is 11.6 Å². The van der Waals surface area contributed by atoms with E-state index in [0.717, 1.165) is 29.7 Å². The summed E-state index contributed by atoms with van der Waals surface area (Å²) in [5.41, 5.74) is -0.868. The SMILES string of the molecule is CN(C)C(=O)CN=C(NCCc1nc(C(F)(F)F)cs1)NCC1CCOC1. The van der Waals surface area contributed by atoms with Gasteiger partial charge in [0.15, 0.2) is 11.7 Å². The van der Waals surface area contributed by atoms with Crippen LogP contribution in [0.1, 0.15) is 17.1 Å². The van der Waals surface area contributed by atoms with Crippen LogP contribution in [0.4, 0.5) is 13.2 Å². The third-order valence-electron chi connectivity index (χ3n) is 3.93. The van der Waals surface area contributed by atoms with Crippen LogP contribution in [0.2, 0.25) is 0 Å². The first-order valence-electron chi connectivity index (χ1n) is 8.57. The van der Waals surface area contributed by atoms with Gasteiger partial charge in [-0.25, -0.2) is 9.98 Å². The number of nitrogens with one attached hydrogen (secondary N) is 2. The van der Waals surface area contributed by atoms with Crippen LogP contribution < -0.4 is 10.6 Å². The molecule has 1 atom stereocenters. The van der Waals surface area contributed by atoms with Gasteiger partial charge in [-0.15, -0.1) is 11.3 Å². The predicted molar refractivity (Wildman–Crippen MR) is 96.7 cm³/mol. The number of alkyl halides is 3. The predicted octanol–water partition coefficient (Wildman–Crippen LogP) is 1.36. The van der Waals surface area contributed by atoms with Crippen LogP contribution in [0.5, 0.6) is 0 Å². The molecule has 27 heavy (non-hydrogen) atoms. The van der Waals surface area contributed by atoms with Gasteiger partial charge < -0.3 is 20.3 Å². The summed E-state index contributed by atoms with van der Waals surface area (Å²) in [5, 5.41) is 7.61. The number of rotatable bonds is 7. The highest BCUT2D eigenvalue weighted by Crippen LogP contribution is 2.29. The van der Waals surface area contributed by atoms with Crippen LogP contribution in [0.15, 0.2) is 10.4 Å². The second-order valence-electron chi connectivity index (χ2n) is 6.36. The minimum Gasteiger partial charge on any atom is -0.381 e. The second kappa shape index (κ2) is 9.88. The Labute approximate surface area is 160 Å². The Hall–Kier alpha value is -1.88. The minimum atomic E-state index is -4.42. The Morgan fingerprint density at radius 3 is 2.81 bits per heavy atom. The van der Waals surface area contributed by atoms with E-state index in [-0.39, 0.29) is 12.5 Å². The molecule has 1 aliphatic heterocycles. The van der Waals surface area contributed by atoms with Crippen molar-refractivity contribution in [2.75, 3.05) is 46.9 Å². The van der Waals surface area contributed by atoms with Crippen LogP contribution >= 0.6 is 11.3 Å². The molecule has 0 saturated carbocycles. The van der Waals surface area contributed by atoms with Crippen molar-refractivity contribution in [2.24, 2.45) is 10.9 Å². The van der Waals surface area contributed by atoms with Crippen LogP contribution in [-0.2, 0) is 22.1 Å². The number of likely N-dealkylation sites (N-methyl/N-ethyl adjacent to an activating group) is 1. The quantitative estimate of drug-likeness (QED) is 0.527. The molecule has 0 radical (unpaired) electrons. The average molecular weight is 407 g/mol. The zero-order chi connectivity index (χ0) is 19.9. The summed E-state index contributed by atoms with van der Waals surface area (Å²) in [6.07, 6.45) is -3.14. The van der Waals surface area contributed by atoms with Crippen molar-refractivity contribution in [3.8, 4) is 0 Å². The fraction of sp³-hybridized carbons (Fsp3) is 0.688. The maximum absolute atomic E-state index is 12.6. The maximum Gasteiger partial charge on any atom is 0.434 e. The van der Waals surface area contributed by atoms with Gasteiger partial charge in [-0.2, -0.15) is 13.2 Å². The molecule has 2 N–H and O–H groups in total. The second-order valence-corrected chi connectivity index (χ2v) is 7.31. The number of nitrogens with zero attached hydrogens (tertiary/aromatic N) is 3. The molecular weight excluding hydrogens is 383 g/mol. The molecule has 1 aliphatic rings. The molecule has 2 heterocycles. The number of carbonyl (C=O) groups is 1. The summed E-state index contributed by atoms with van der Waals surface area (Å²) in [7, 11) is 3.30. The molecule has 152 valence electrons. The molecule has 7 nitrogen and oxygen atoms in total. The van der Waals surface area contributed by atoms with Gasteiger partial charge in [0, 0.05) is 51.5 Å². The number of guanidine groups is 1. The van der Waals surface area contributed by atoms with Gasteiger partial charge in [0.2, 0.25) is 5.91 Å². The Morgan fingerprint density at radius 2 is 2.22 bits per heavy atom. The third kappa shape index (κ3) is 7.33. The lowest BCUT2D eigenvalue weighted by Gasteiger charge is -2.15. The molecule has 1 amide bonds. The van der Waals surface area contributed by atoms with Gasteiger partial charge in [0.25, 0.3) is 0 Å². The third-order valence-corrected chi connectivity index (χ3v) is 4.84. The van der Waals surface area contributed by atoms with E-state index >= 15 is 0 Å². The van der Waals surface area contributed by atoms with E-state index in [2.05, 4.69) is 20.6 Å². The summed E-state index contributed by atoms with van der Waals surface area (Å²) in [5.74, 6) is 0.676. The summed E-state index contributed by atoms with van der Waals surface area (Å²) in [6.45, 7) is 2.40. The zero-order valence-electron chi connectivity index (χ0n) is 15.3. The molecule has 1 unspecified atom stereocenters. The fourth-order valence-electron chi connectivity index (χ4n) is 2.29. The summed E-state index contributed by atoms with van der Waals surface area (Å²) in [6, 6.07) is 0. The number of hydrogen-bond acceptors (Lipinski definition) is 5. The van der Waals surface area contributed by atoms with Crippen molar-refractivity contribution >= 4 is 23.2 Å². The van der Waals surface area contributed by atoms with E-state index < -0.39 is 11.9 Å². The molecule has 0 aliphatic carbocycles. The van der Waals surface area contributed by atoms with Crippen molar-refractivity contribution in [1.29, 1.82) is 0 Å². The standard InChI is InChI=1S/C16H24F3N5O2S/c1-24(2)14(25)8-22-15(21-7-11-4-6-26-9-11)20-5-3-13-23-12(10-27-13)16(17,18)19/h10-11H,3-9H2,1-2H3,(H2,20,21,22). The van der Waals surface area contributed by atoms with Crippen LogP contribution in [0.25, 0.3) is 0 Å². The van der Waals surface area contributed by atoms with Crippen LogP contribution in [-0.4, -0.2) is 68.7 Å². The fourth-order valence-corrected chi connectivity index (χ4v) is 3.10. The van der Waals surface area contributed by atoms with Gasteiger partial charge in [-0.1, -0.05) is 0 Å². The van der Waals surface area contributed by atoms with E-state index in [1.54, 1.807) is 14.1 Å². The smallest absolute Gasteiger partial charge is 0.381 e. The van der Waals surface area contributed by atoms with Crippen molar-refractivity contribution in [1.82, 2.24) is 20.5 Å². The van der Waals surface area contributed by atoms with E-state index in [9.17, 15) is 18.0 Å². The molecule has 1 saturated heterocycles. The molecule has 1 fully saturated rings. The van der Waals surface area contributed by atoms with Gasteiger partial charge in [-0.05, 0) is 6.42 Å². The molecule has 1 aromatic heterocycles. The highest BCUT2D eigenvalue weighted by atomic mass is 32.1. The molecule has 11 heteroatoms. The number of aromatic nitrogens is 1.